The maximum absolute atomic E-state index is 14.4. The molecule has 0 fully saturated rings. The summed E-state index contributed by atoms with van der Waals surface area (Å²) in [4.78, 5) is 19.1. The van der Waals surface area contributed by atoms with Crippen LogP contribution in [0.3, 0.4) is 0 Å². The average Bonchev–Trinajstić information content (AvgIpc) is 2.70. The van der Waals surface area contributed by atoms with Crippen molar-refractivity contribution in [3.8, 4) is 11.3 Å². The highest BCUT2D eigenvalue weighted by atomic mass is 35.5. The van der Waals surface area contributed by atoms with Crippen LogP contribution < -0.4 is 5.32 Å². The molecule has 0 bridgehead atoms. The third-order valence-corrected chi connectivity index (χ3v) is 4.42. The van der Waals surface area contributed by atoms with Crippen LogP contribution in [0.5, 0.6) is 0 Å². The summed E-state index contributed by atoms with van der Waals surface area (Å²) < 4.78 is 14.4. The summed E-state index contributed by atoms with van der Waals surface area (Å²) in [5, 5.41) is 15.5. The third-order valence-electron chi connectivity index (χ3n) is 4.19. The van der Waals surface area contributed by atoms with Gasteiger partial charge in [0.05, 0.1) is 21.8 Å². The summed E-state index contributed by atoms with van der Waals surface area (Å²) in [5.74, 6) is -0.465. The fraction of sp³-hybridized carbons (Fsp3) is 0. The van der Waals surface area contributed by atoms with Crippen LogP contribution in [0.2, 0.25) is 5.02 Å². The van der Waals surface area contributed by atoms with E-state index in [1.807, 2.05) is 18.2 Å². The predicted octanol–water partition coefficient (Wildman–Crippen LogP) is 5.74. The Hall–Kier alpha value is -3.58. The Morgan fingerprint density at radius 2 is 1.89 bits per heavy atom. The first-order chi connectivity index (χ1) is 13.5. The molecule has 28 heavy (non-hydrogen) atoms. The standard InChI is InChI=1S/C20H12ClFN4O2/c21-12-5-6-15(22)14(9-12)19-10-18(13-3-1-2-4-16(13)24-19)25-17-7-8-23-11-20(17)26(27)28/h1-11H,(H,23,24,25). The SMILES string of the molecule is O=[N+]([O-])c1cnccc1Nc1cc(-c2cc(Cl)ccc2F)nc2ccccc12. The minimum Gasteiger partial charge on any atom is -0.349 e. The number of anilines is 2. The Morgan fingerprint density at radius 1 is 1.07 bits per heavy atom. The van der Waals surface area contributed by atoms with Crippen LogP contribution in [0.15, 0.2) is 67.0 Å². The summed E-state index contributed by atoms with van der Waals surface area (Å²) in [6, 6.07) is 14.6. The Morgan fingerprint density at radius 3 is 2.71 bits per heavy atom. The van der Waals surface area contributed by atoms with Gasteiger partial charge in [-0.15, -0.1) is 0 Å². The van der Waals surface area contributed by atoms with Gasteiger partial charge < -0.3 is 5.32 Å². The maximum atomic E-state index is 14.4. The molecular formula is C20H12ClFN4O2. The highest BCUT2D eigenvalue weighted by Gasteiger charge is 2.16. The number of benzene rings is 2. The van der Waals surface area contributed by atoms with E-state index in [1.54, 1.807) is 12.1 Å². The van der Waals surface area contributed by atoms with E-state index in [1.165, 1.54) is 36.7 Å². The van der Waals surface area contributed by atoms with E-state index in [4.69, 9.17) is 11.6 Å². The molecule has 8 heteroatoms. The van der Waals surface area contributed by atoms with Crippen molar-refractivity contribution in [3.05, 3.63) is 87.9 Å². The molecule has 0 radical (unpaired) electrons. The summed E-state index contributed by atoms with van der Waals surface area (Å²) in [6.07, 6.45) is 2.62. The molecule has 2 aromatic carbocycles. The van der Waals surface area contributed by atoms with Gasteiger partial charge in [-0.3, -0.25) is 15.1 Å². The van der Waals surface area contributed by atoms with Crippen molar-refractivity contribution >= 4 is 39.6 Å². The summed E-state index contributed by atoms with van der Waals surface area (Å²) in [6.45, 7) is 0. The smallest absolute Gasteiger partial charge is 0.310 e. The fourth-order valence-electron chi connectivity index (χ4n) is 2.89. The van der Waals surface area contributed by atoms with Crippen LogP contribution >= 0.6 is 11.6 Å². The number of hydrogen-bond acceptors (Lipinski definition) is 5. The lowest BCUT2D eigenvalue weighted by atomic mass is 10.1. The molecule has 2 heterocycles. The van der Waals surface area contributed by atoms with Crippen molar-refractivity contribution in [2.24, 2.45) is 0 Å². The molecule has 2 aromatic heterocycles. The molecule has 6 nitrogen and oxygen atoms in total. The second kappa shape index (κ2) is 7.21. The number of nitro groups is 1. The third kappa shape index (κ3) is 3.35. The summed E-state index contributed by atoms with van der Waals surface area (Å²) >= 11 is 6.02. The van der Waals surface area contributed by atoms with E-state index in [9.17, 15) is 14.5 Å². The minimum atomic E-state index is -0.518. The molecule has 0 saturated carbocycles. The van der Waals surface area contributed by atoms with Gasteiger partial charge in [0.2, 0.25) is 0 Å². The molecular weight excluding hydrogens is 383 g/mol. The molecule has 0 unspecified atom stereocenters. The van der Waals surface area contributed by atoms with Crippen molar-refractivity contribution < 1.29 is 9.31 Å². The van der Waals surface area contributed by atoms with E-state index < -0.39 is 10.7 Å². The van der Waals surface area contributed by atoms with Gasteiger partial charge in [0.1, 0.15) is 17.7 Å². The molecule has 0 atom stereocenters. The number of para-hydroxylation sites is 1. The van der Waals surface area contributed by atoms with E-state index >= 15 is 0 Å². The van der Waals surface area contributed by atoms with Crippen molar-refractivity contribution in [1.29, 1.82) is 0 Å². The molecule has 0 aliphatic rings. The monoisotopic (exact) mass is 394 g/mol. The Labute approximate surface area is 163 Å². The topological polar surface area (TPSA) is 81.0 Å². The lowest BCUT2D eigenvalue weighted by molar-refractivity contribution is -0.384. The van der Waals surface area contributed by atoms with Gasteiger partial charge >= 0.3 is 5.69 Å². The quantitative estimate of drug-likeness (QED) is 0.352. The molecule has 0 spiro atoms. The van der Waals surface area contributed by atoms with Crippen molar-refractivity contribution in [1.82, 2.24) is 9.97 Å². The van der Waals surface area contributed by atoms with Crippen LogP contribution in [-0.2, 0) is 0 Å². The van der Waals surface area contributed by atoms with Crippen molar-refractivity contribution in [2.45, 2.75) is 0 Å². The van der Waals surface area contributed by atoms with Gasteiger partial charge in [0, 0.05) is 22.2 Å². The van der Waals surface area contributed by atoms with Crippen molar-refractivity contribution in [2.75, 3.05) is 5.32 Å². The lowest BCUT2D eigenvalue weighted by Gasteiger charge is -2.13. The van der Waals surface area contributed by atoms with E-state index in [-0.39, 0.29) is 16.9 Å². The number of rotatable bonds is 4. The zero-order valence-electron chi connectivity index (χ0n) is 14.3. The number of nitrogens with zero attached hydrogens (tertiary/aromatic N) is 3. The highest BCUT2D eigenvalue weighted by molar-refractivity contribution is 6.30. The maximum Gasteiger partial charge on any atom is 0.310 e. The average molecular weight is 395 g/mol. The first-order valence-electron chi connectivity index (χ1n) is 8.23. The predicted molar refractivity (Wildman–Crippen MR) is 106 cm³/mol. The van der Waals surface area contributed by atoms with Crippen LogP contribution in [0.25, 0.3) is 22.2 Å². The van der Waals surface area contributed by atoms with E-state index in [0.29, 0.717) is 21.9 Å². The van der Waals surface area contributed by atoms with Gasteiger partial charge in [-0.2, -0.15) is 0 Å². The molecule has 4 aromatic rings. The van der Waals surface area contributed by atoms with Gasteiger partial charge in [-0.25, -0.2) is 9.37 Å². The normalized spacial score (nSPS) is 10.8. The van der Waals surface area contributed by atoms with E-state index in [0.717, 1.165) is 5.39 Å². The zero-order chi connectivity index (χ0) is 19.7. The van der Waals surface area contributed by atoms with Gasteiger partial charge in [-0.1, -0.05) is 29.8 Å². The zero-order valence-corrected chi connectivity index (χ0v) is 15.0. The van der Waals surface area contributed by atoms with Crippen molar-refractivity contribution in [3.63, 3.8) is 0 Å². The second-order valence-corrected chi connectivity index (χ2v) is 6.41. The molecule has 0 amide bonds. The first-order valence-corrected chi connectivity index (χ1v) is 8.61. The Kier molecular flexibility index (Phi) is 4.58. The molecule has 1 N–H and O–H groups in total. The number of fused-ring (bicyclic) bond motifs is 1. The summed E-state index contributed by atoms with van der Waals surface area (Å²) in [7, 11) is 0. The number of aromatic nitrogens is 2. The van der Waals surface area contributed by atoms with Gasteiger partial charge in [-0.05, 0) is 36.4 Å². The van der Waals surface area contributed by atoms with Gasteiger partial charge in [0.25, 0.3) is 0 Å². The van der Waals surface area contributed by atoms with Crippen LogP contribution in [0.4, 0.5) is 21.5 Å². The minimum absolute atomic E-state index is 0.168. The van der Waals surface area contributed by atoms with Crippen LogP contribution in [0.1, 0.15) is 0 Å². The molecule has 0 aliphatic heterocycles. The fourth-order valence-corrected chi connectivity index (χ4v) is 3.07. The molecule has 4 rings (SSSR count). The van der Waals surface area contributed by atoms with Crippen LogP contribution in [0, 0.1) is 15.9 Å². The Bertz CT molecular complexity index is 1220. The van der Waals surface area contributed by atoms with Gasteiger partial charge in [0.15, 0.2) is 0 Å². The number of nitrogens with one attached hydrogen (secondary N) is 1. The lowest BCUT2D eigenvalue weighted by Crippen LogP contribution is -2.00. The first kappa shape index (κ1) is 17.8. The molecule has 138 valence electrons. The molecule has 0 saturated heterocycles. The number of pyridine rings is 2. The number of halogens is 2. The highest BCUT2D eigenvalue weighted by Crippen LogP contribution is 2.34. The summed E-state index contributed by atoms with van der Waals surface area (Å²) in [5.41, 5.74) is 1.86. The number of hydrogen-bond donors (Lipinski definition) is 1. The Balaban J connectivity index is 1.91. The second-order valence-electron chi connectivity index (χ2n) is 5.97. The largest absolute Gasteiger partial charge is 0.349 e. The van der Waals surface area contributed by atoms with Crippen LogP contribution in [-0.4, -0.2) is 14.9 Å². The molecule has 0 aliphatic carbocycles. The van der Waals surface area contributed by atoms with E-state index in [2.05, 4.69) is 15.3 Å².